The molecule has 19 heteroatoms. The zero-order valence-electron chi connectivity index (χ0n) is 17.2. The minimum atomic E-state index is -3.04. The summed E-state index contributed by atoms with van der Waals surface area (Å²) in [7, 11) is 0. The number of carboxylic acids is 3. The van der Waals surface area contributed by atoms with Crippen molar-refractivity contribution in [2.45, 2.75) is 61.0 Å². The van der Waals surface area contributed by atoms with Gasteiger partial charge in [-0.1, -0.05) is 0 Å². The molecule has 12 N–H and O–H groups in total. The van der Waals surface area contributed by atoms with Gasteiger partial charge in [-0.2, -0.15) is 0 Å². The lowest BCUT2D eigenvalue weighted by atomic mass is 10.0. The Labute approximate surface area is 193 Å². The van der Waals surface area contributed by atoms with Gasteiger partial charge < -0.3 is 70.8 Å². The van der Waals surface area contributed by atoms with Crippen LogP contribution in [0.4, 0.5) is 0 Å². The fourth-order valence-electron chi connectivity index (χ4n) is 2.22. The quantitative estimate of drug-likeness (QED) is 0.0891. The van der Waals surface area contributed by atoms with Crippen molar-refractivity contribution >= 4 is 29.8 Å². The molecule has 0 aliphatic carbocycles. The first-order valence-electron chi connectivity index (χ1n) is 9.14. The number of hydrogen-bond acceptors (Lipinski definition) is 16. The van der Waals surface area contributed by atoms with E-state index in [-0.39, 0.29) is 0 Å². The van der Waals surface area contributed by atoms with Crippen molar-refractivity contribution in [1.82, 2.24) is 0 Å². The second-order valence-electron chi connectivity index (χ2n) is 6.77. The summed E-state index contributed by atoms with van der Waals surface area (Å²) < 4.78 is 8.53. The molecule has 0 rings (SSSR count). The molecule has 0 bridgehead atoms. The molecule has 10 atom stereocenters. The molecule has 0 heterocycles. The molecular formula is C16H24O19. The van der Waals surface area contributed by atoms with Crippen molar-refractivity contribution < 1.29 is 94.7 Å². The number of carbonyl (C=O) groups excluding carboxylic acids is 2. The molecule has 0 aliphatic rings. The summed E-state index contributed by atoms with van der Waals surface area (Å²) in [5, 5.41) is 112. The third-order valence-corrected chi connectivity index (χ3v) is 4.24. The highest BCUT2D eigenvalue weighted by molar-refractivity contribution is 5.85. The van der Waals surface area contributed by atoms with Crippen LogP contribution >= 0.6 is 0 Å². The van der Waals surface area contributed by atoms with Crippen LogP contribution in [0, 0.1) is 0 Å². The normalized spacial score (nSPS) is 20.0. The van der Waals surface area contributed by atoms with Gasteiger partial charge in [0.15, 0.2) is 30.5 Å². The van der Waals surface area contributed by atoms with E-state index in [9.17, 15) is 69.9 Å². The SMILES string of the molecule is O=C(O)C(O)C(O)C(=O)O[C@@H]([C@H](O)[C@H](O)C(=O)O)[C@@H](OC(=O)[C@H](O)[C@@H](O)[C@H](O)[C@H](O)CO)C(=O)O. The van der Waals surface area contributed by atoms with Crippen LogP contribution < -0.4 is 0 Å². The van der Waals surface area contributed by atoms with Crippen LogP contribution in [-0.4, -0.2) is 159 Å². The van der Waals surface area contributed by atoms with E-state index in [1.165, 1.54) is 0 Å². The van der Waals surface area contributed by atoms with E-state index in [1.54, 1.807) is 0 Å². The first-order chi connectivity index (χ1) is 16.0. The van der Waals surface area contributed by atoms with Crippen LogP contribution in [0.2, 0.25) is 0 Å². The van der Waals surface area contributed by atoms with Gasteiger partial charge in [-0.15, -0.1) is 0 Å². The third kappa shape index (κ3) is 8.61. The first kappa shape index (κ1) is 32.0. The average molecular weight is 520 g/mol. The Kier molecular flexibility index (Phi) is 12.6. The lowest BCUT2D eigenvalue weighted by Gasteiger charge is -2.31. The summed E-state index contributed by atoms with van der Waals surface area (Å²) in [5.74, 6) is -11.1. The number of ether oxygens (including phenoxy) is 2. The molecule has 0 aromatic heterocycles. The predicted octanol–water partition coefficient (Wildman–Crippen LogP) is -8.06. The van der Waals surface area contributed by atoms with Gasteiger partial charge in [-0.05, 0) is 0 Å². The Bertz CT molecular complexity index is 768. The first-order valence-corrected chi connectivity index (χ1v) is 9.14. The van der Waals surface area contributed by atoms with E-state index < -0.39 is 97.5 Å². The summed E-state index contributed by atoms with van der Waals surface area (Å²) >= 11 is 0. The molecule has 202 valence electrons. The minimum absolute atomic E-state index is 1.17. The van der Waals surface area contributed by atoms with Gasteiger partial charge in [0.05, 0.1) is 6.61 Å². The Morgan fingerprint density at radius 2 is 1.00 bits per heavy atom. The van der Waals surface area contributed by atoms with E-state index in [1.807, 2.05) is 0 Å². The maximum atomic E-state index is 12.0. The van der Waals surface area contributed by atoms with Crippen molar-refractivity contribution in [3.8, 4) is 0 Å². The molecule has 0 aromatic carbocycles. The molecule has 0 saturated carbocycles. The number of esters is 2. The molecule has 0 fully saturated rings. The molecular weight excluding hydrogens is 496 g/mol. The molecule has 35 heavy (non-hydrogen) atoms. The van der Waals surface area contributed by atoms with Gasteiger partial charge in [0, 0.05) is 0 Å². The molecule has 0 spiro atoms. The summed E-state index contributed by atoms with van der Waals surface area (Å²) in [6, 6.07) is 0. The van der Waals surface area contributed by atoms with Crippen LogP contribution in [0.1, 0.15) is 0 Å². The lowest BCUT2D eigenvalue weighted by molar-refractivity contribution is -0.208. The van der Waals surface area contributed by atoms with Crippen molar-refractivity contribution in [2.75, 3.05) is 6.61 Å². The number of aliphatic carboxylic acids is 3. The summed E-state index contributed by atoms with van der Waals surface area (Å²) in [6.45, 7) is -1.17. The number of carboxylic acid groups (broad SMARTS) is 3. The highest BCUT2D eigenvalue weighted by Crippen LogP contribution is 2.17. The van der Waals surface area contributed by atoms with Gasteiger partial charge in [0.25, 0.3) is 0 Å². The standard InChI is InChI=1S/C16H24O19/c17-1-2(18)3(19)4(20)8(24)15(32)35-11(14(30)31)10(5(21)6(22)12(26)27)34-16(33)9(25)7(23)13(28)29/h2-11,17-25H,1H2,(H,26,27)(H,28,29)(H,30,31)/t2-,3-,4+,5-,6+,7?,8-,9?,10+,11-/m1/s1. The van der Waals surface area contributed by atoms with E-state index in [0.29, 0.717) is 0 Å². The topological polar surface area (TPSA) is 347 Å². The van der Waals surface area contributed by atoms with E-state index in [4.69, 9.17) is 15.3 Å². The van der Waals surface area contributed by atoms with Crippen LogP contribution in [0.25, 0.3) is 0 Å². The second-order valence-corrected chi connectivity index (χ2v) is 6.77. The fraction of sp³-hybridized carbons (Fsp3) is 0.688. The number of hydrogen-bond donors (Lipinski definition) is 12. The minimum Gasteiger partial charge on any atom is -0.479 e. The second kappa shape index (κ2) is 13.8. The van der Waals surface area contributed by atoms with Crippen LogP contribution in [0.3, 0.4) is 0 Å². The highest BCUT2D eigenvalue weighted by Gasteiger charge is 2.47. The Balaban J connectivity index is 6.05. The summed E-state index contributed by atoms with van der Waals surface area (Å²) in [4.78, 5) is 57.1. The number of aliphatic hydroxyl groups excluding tert-OH is 9. The number of rotatable bonds is 15. The number of carbonyl (C=O) groups is 5. The predicted molar refractivity (Wildman–Crippen MR) is 97.8 cm³/mol. The van der Waals surface area contributed by atoms with Crippen LogP contribution in [0.5, 0.6) is 0 Å². The van der Waals surface area contributed by atoms with Gasteiger partial charge >= 0.3 is 29.8 Å². The maximum Gasteiger partial charge on any atom is 0.349 e. The Hall–Kier alpha value is -3.01. The largest absolute Gasteiger partial charge is 0.479 e. The zero-order valence-corrected chi connectivity index (χ0v) is 17.2. The average Bonchev–Trinajstić information content (AvgIpc) is 2.81. The molecule has 19 nitrogen and oxygen atoms in total. The summed E-state index contributed by atoms with van der Waals surface area (Å²) in [5.41, 5.74) is 0. The third-order valence-electron chi connectivity index (χ3n) is 4.24. The van der Waals surface area contributed by atoms with Crippen molar-refractivity contribution in [2.24, 2.45) is 0 Å². The summed E-state index contributed by atoms with van der Waals surface area (Å²) in [6.07, 6.45) is -27.7. The molecule has 0 saturated heterocycles. The monoisotopic (exact) mass is 520 g/mol. The molecule has 0 radical (unpaired) electrons. The van der Waals surface area contributed by atoms with Crippen LogP contribution in [0.15, 0.2) is 0 Å². The highest BCUT2D eigenvalue weighted by atomic mass is 16.6. The van der Waals surface area contributed by atoms with Crippen LogP contribution in [-0.2, 0) is 33.4 Å². The zero-order chi connectivity index (χ0) is 27.8. The van der Waals surface area contributed by atoms with E-state index in [0.717, 1.165) is 0 Å². The molecule has 0 aromatic rings. The fourth-order valence-corrected chi connectivity index (χ4v) is 2.22. The Morgan fingerprint density at radius 3 is 1.40 bits per heavy atom. The Morgan fingerprint density at radius 1 is 0.543 bits per heavy atom. The smallest absolute Gasteiger partial charge is 0.349 e. The van der Waals surface area contributed by atoms with E-state index in [2.05, 4.69) is 9.47 Å². The number of aliphatic hydroxyl groups is 9. The van der Waals surface area contributed by atoms with Gasteiger partial charge in [0.1, 0.15) is 24.4 Å². The van der Waals surface area contributed by atoms with Gasteiger partial charge in [0.2, 0.25) is 6.10 Å². The maximum absolute atomic E-state index is 12.0. The lowest BCUT2D eigenvalue weighted by Crippen LogP contribution is -2.56. The molecule has 2 unspecified atom stereocenters. The van der Waals surface area contributed by atoms with Crippen molar-refractivity contribution in [1.29, 1.82) is 0 Å². The van der Waals surface area contributed by atoms with Crippen molar-refractivity contribution in [3.05, 3.63) is 0 Å². The molecule has 0 amide bonds. The molecule has 0 aliphatic heterocycles. The van der Waals surface area contributed by atoms with Gasteiger partial charge in [-0.25, -0.2) is 24.0 Å². The van der Waals surface area contributed by atoms with Gasteiger partial charge in [-0.3, -0.25) is 0 Å². The van der Waals surface area contributed by atoms with Crippen molar-refractivity contribution in [3.63, 3.8) is 0 Å². The van der Waals surface area contributed by atoms with E-state index >= 15 is 0 Å².